The third-order valence-electron chi connectivity index (χ3n) is 2.83. The van der Waals surface area contributed by atoms with Gasteiger partial charge in [0.2, 0.25) is 5.91 Å². The van der Waals surface area contributed by atoms with Gasteiger partial charge in [0.05, 0.1) is 0 Å². The fourth-order valence-electron chi connectivity index (χ4n) is 1.68. The Hall–Kier alpha value is -1.30. The first-order chi connectivity index (χ1) is 12.4. The zero-order valence-corrected chi connectivity index (χ0v) is 21.3. The SMILES string of the molecule is CC.CC.CC.CC=[C-]/C(=C\C)C(=O)NC1(C)CCC(=O)NC1=O.NN.[W]. The van der Waals surface area contributed by atoms with Crippen molar-refractivity contribution < 1.29 is 35.4 Å². The molecule has 0 aliphatic carbocycles. The Morgan fingerprint density at radius 2 is 1.56 bits per heavy atom. The Kier molecular flexibility index (Phi) is 33.5. The molecule has 1 rings (SSSR count). The molecule has 1 unspecified atom stereocenters. The van der Waals surface area contributed by atoms with E-state index in [4.69, 9.17) is 0 Å². The summed E-state index contributed by atoms with van der Waals surface area (Å²) in [6.45, 7) is 17.1. The van der Waals surface area contributed by atoms with Crippen LogP contribution < -0.4 is 22.3 Å². The first-order valence-corrected chi connectivity index (χ1v) is 9.13. The summed E-state index contributed by atoms with van der Waals surface area (Å²) >= 11 is 0. The van der Waals surface area contributed by atoms with Crippen molar-refractivity contribution in [1.82, 2.24) is 10.6 Å². The molecule has 0 aromatic heterocycles. The fraction of sp³-hybridized carbons (Fsp3) is 0.632. The van der Waals surface area contributed by atoms with E-state index in [1.807, 2.05) is 41.5 Å². The second-order valence-electron chi connectivity index (χ2n) is 4.30. The molecule has 1 fully saturated rings. The first kappa shape index (κ1) is 36.6. The van der Waals surface area contributed by atoms with Crippen molar-refractivity contribution in [1.29, 1.82) is 0 Å². The molecule has 0 aromatic carbocycles. The summed E-state index contributed by atoms with van der Waals surface area (Å²) in [5.41, 5.74) is -0.683. The van der Waals surface area contributed by atoms with Gasteiger partial charge in [0.15, 0.2) is 0 Å². The number of hydrazine groups is 1. The maximum Gasteiger partial charge on any atom is 0.251 e. The number of imide groups is 1. The summed E-state index contributed by atoms with van der Waals surface area (Å²) in [6, 6.07) is 0. The van der Waals surface area contributed by atoms with E-state index in [2.05, 4.69) is 28.4 Å². The molecule has 1 aliphatic rings. The number of allylic oxidation sites excluding steroid dienone is 2. The van der Waals surface area contributed by atoms with Crippen LogP contribution in [0.1, 0.15) is 75.2 Å². The van der Waals surface area contributed by atoms with Crippen LogP contribution in [0.15, 0.2) is 17.7 Å². The molecular formula is C19H39N4O3W-. The Balaban J connectivity index is -0.000000158. The molecule has 1 saturated heterocycles. The second-order valence-corrected chi connectivity index (χ2v) is 4.30. The number of nitrogens with two attached hydrogens (primary N) is 2. The summed E-state index contributed by atoms with van der Waals surface area (Å²) in [4.78, 5) is 34.7. The molecule has 8 heteroatoms. The Morgan fingerprint density at radius 1 is 1.11 bits per heavy atom. The predicted octanol–water partition coefficient (Wildman–Crippen LogP) is 2.52. The van der Waals surface area contributed by atoms with E-state index in [0.29, 0.717) is 12.0 Å². The van der Waals surface area contributed by atoms with Gasteiger partial charge in [-0.15, -0.1) is 11.6 Å². The summed E-state index contributed by atoms with van der Waals surface area (Å²) in [5, 5.41) is 4.87. The van der Waals surface area contributed by atoms with Gasteiger partial charge in [0, 0.05) is 27.5 Å². The molecule has 160 valence electrons. The number of carbonyl (C=O) groups is 3. The molecule has 1 heterocycles. The molecule has 0 radical (unpaired) electrons. The Bertz CT molecular complexity index is 452. The third-order valence-corrected chi connectivity index (χ3v) is 2.83. The predicted molar refractivity (Wildman–Crippen MR) is 109 cm³/mol. The average Bonchev–Trinajstić information content (AvgIpc) is 2.69. The molecule has 27 heavy (non-hydrogen) atoms. The van der Waals surface area contributed by atoms with Gasteiger partial charge in [-0.1, -0.05) is 55.4 Å². The van der Waals surface area contributed by atoms with Crippen molar-refractivity contribution in [3.63, 3.8) is 0 Å². The summed E-state index contributed by atoms with van der Waals surface area (Å²) in [5.74, 6) is 6.85. The van der Waals surface area contributed by atoms with E-state index in [1.54, 1.807) is 32.9 Å². The minimum atomic E-state index is -1.05. The first-order valence-electron chi connectivity index (χ1n) is 9.13. The number of hydrogen-bond donors (Lipinski definition) is 4. The van der Waals surface area contributed by atoms with Crippen LogP contribution in [-0.2, 0) is 35.4 Å². The van der Waals surface area contributed by atoms with E-state index in [0.717, 1.165) is 0 Å². The van der Waals surface area contributed by atoms with Gasteiger partial charge >= 0.3 is 0 Å². The second kappa shape index (κ2) is 24.7. The van der Waals surface area contributed by atoms with Crippen LogP contribution >= 0.6 is 0 Å². The zero-order chi connectivity index (χ0) is 21.8. The number of hydrogen-bond acceptors (Lipinski definition) is 5. The number of piperidine rings is 1. The van der Waals surface area contributed by atoms with Crippen molar-refractivity contribution in [3.8, 4) is 0 Å². The third kappa shape index (κ3) is 15.5. The summed E-state index contributed by atoms with van der Waals surface area (Å²) < 4.78 is 0. The molecular weight excluding hydrogens is 516 g/mol. The standard InChI is InChI=1S/C13H17N2O3.3C2H6.H4N2.W/c1-4-6-9(5-2)11(17)15-13(3)8-7-10(16)14-12(13)18;4*1-2;/h4-5H,7-8H2,1-3H3,(H,15,17)(H,14,16,18);3*1-2H3;1-2H2;/q-1;;;;;/b9-5+;;;;;. The van der Waals surface area contributed by atoms with Crippen molar-refractivity contribution in [2.24, 2.45) is 11.7 Å². The van der Waals surface area contributed by atoms with Crippen LogP contribution in [0.5, 0.6) is 0 Å². The van der Waals surface area contributed by atoms with Gasteiger partial charge < -0.3 is 10.1 Å². The fourth-order valence-corrected chi connectivity index (χ4v) is 1.68. The van der Waals surface area contributed by atoms with Gasteiger partial charge in [-0.3, -0.25) is 26.6 Å². The van der Waals surface area contributed by atoms with E-state index in [1.165, 1.54) is 0 Å². The molecule has 7 nitrogen and oxygen atoms in total. The van der Waals surface area contributed by atoms with Crippen LogP contribution in [-0.4, -0.2) is 23.3 Å². The van der Waals surface area contributed by atoms with Crippen LogP contribution in [0.25, 0.3) is 0 Å². The minimum Gasteiger partial charge on any atom is -0.392 e. The Morgan fingerprint density at radius 3 is 1.89 bits per heavy atom. The summed E-state index contributed by atoms with van der Waals surface area (Å²) in [6.07, 6.45) is 6.56. The van der Waals surface area contributed by atoms with E-state index in [-0.39, 0.29) is 39.3 Å². The van der Waals surface area contributed by atoms with E-state index in [9.17, 15) is 14.4 Å². The molecule has 0 bridgehead atoms. The maximum absolute atomic E-state index is 11.9. The quantitative estimate of drug-likeness (QED) is 0.106. The normalized spacial score (nSPS) is 17.7. The molecule has 1 atom stereocenters. The molecule has 0 spiro atoms. The topological polar surface area (TPSA) is 127 Å². The van der Waals surface area contributed by atoms with Crippen molar-refractivity contribution in [3.05, 3.63) is 23.8 Å². The minimum absolute atomic E-state index is 0. The summed E-state index contributed by atoms with van der Waals surface area (Å²) in [7, 11) is 0. The number of amides is 3. The molecule has 0 aromatic rings. The zero-order valence-electron chi connectivity index (χ0n) is 18.4. The molecule has 0 saturated carbocycles. The average molecular weight is 555 g/mol. The molecule has 3 amide bonds. The van der Waals surface area contributed by atoms with Gasteiger partial charge in [-0.25, -0.2) is 0 Å². The van der Waals surface area contributed by atoms with Gasteiger partial charge in [0.25, 0.3) is 5.91 Å². The van der Waals surface area contributed by atoms with Gasteiger partial charge in [-0.2, -0.15) is 12.2 Å². The maximum atomic E-state index is 11.9. The smallest absolute Gasteiger partial charge is 0.251 e. The molecule has 6 N–H and O–H groups in total. The van der Waals surface area contributed by atoms with Gasteiger partial charge in [-0.05, 0) is 13.3 Å². The van der Waals surface area contributed by atoms with E-state index < -0.39 is 11.4 Å². The molecule has 1 aliphatic heterocycles. The van der Waals surface area contributed by atoms with Crippen LogP contribution in [0.4, 0.5) is 0 Å². The van der Waals surface area contributed by atoms with Crippen LogP contribution in [0, 0.1) is 6.08 Å². The number of nitrogens with one attached hydrogen (secondary N) is 2. The van der Waals surface area contributed by atoms with E-state index >= 15 is 0 Å². The van der Waals surface area contributed by atoms with Crippen LogP contribution in [0.2, 0.25) is 0 Å². The largest absolute Gasteiger partial charge is 0.392 e. The number of rotatable bonds is 3. The van der Waals surface area contributed by atoms with Crippen molar-refractivity contribution >= 4 is 17.7 Å². The van der Waals surface area contributed by atoms with Gasteiger partial charge in [0.1, 0.15) is 11.4 Å². The Labute approximate surface area is 180 Å². The van der Waals surface area contributed by atoms with Crippen LogP contribution in [0.3, 0.4) is 0 Å². The monoisotopic (exact) mass is 555 g/mol. The number of carbonyl (C=O) groups excluding carboxylic acids is 3. The van der Waals surface area contributed by atoms with Crippen molar-refractivity contribution in [2.75, 3.05) is 0 Å². The van der Waals surface area contributed by atoms with Crippen molar-refractivity contribution in [2.45, 2.75) is 80.7 Å².